The number of halogens is 3. The molecule has 40 heavy (non-hydrogen) atoms. The number of hydrogen-bond acceptors (Lipinski definition) is 6. The number of pyridine rings is 1. The molecule has 0 aromatic carbocycles. The van der Waals surface area contributed by atoms with Gasteiger partial charge in [-0.3, -0.25) is 19.1 Å². The van der Waals surface area contributed by atoms with Crippen LogP contribution in [0.4, 0.5) is 24.7 Å². The number of aromatic nitrogens is 3. The van der Waals surface area contributed by atoms with Gasteiger partial charge < -0.3 is 20.7 Å². The Labute approximate surface area is 229 Å². The van der Waals surface area contributed by atoms with Gasteiger partial charge in [-0.05, 0) is 43.6 Å². The summed E-state index contributed by atoms with van der Waals surface area (Å²) in [5.74, 6) is -0.697. The van der Waals surface area contributed by atoms with Crippen molar-refractivity contribution in [2.24, 2.45) is 11.8 Å². The predicted molar refractivity (Wildman–Crippen MR) is 139 cm³/mol. The second-order valence-electron chi connectivity index (χ2n) is 11.0. The van der Waals surface area contributed by atoms with Crippen LogP contribution in [0.3, 0.4) is 0 Å². The minimum Gasteiger partial charge on any atom is -0.381 e. The lowest BCUT2D eigenvalue weighted by atomic mass is 9.76. The van der Waals surface area contributed by atoms with Crippen LogP contribution < -0.4 is 16.0 Å². The fourth-order valence-corrected chi connectivity index (χ4v) is 5.96. The number of nitrogens with one attached hydrogen (secondary N) is 3. The zero-order valence-electron chi connectivity index (χ0n) is 22.2. The van der Waals surface area contributed by atoms with Gasteiger partial charge in [0.15, 0.2) is 0 Å². The number of aryl methyl sites for hydroxylation is 1. The van der Waals surface area contributed by atoms with Crippen LogP contribution in [0.1, 0.15) is 67.9 Å². The molecule has 5 rings (SSSR count). The maximum absolute atomic E-state index is 13.6. The molecule has 1 spiro atoms. The Bertz CT molecular complexity index is 1270. The van der Waals surface area contributed by atoms with Gasteiger partial charge in [-0.2, -0.15) is 18.3 Å². The summed E-state index contributed by atoms with van der Waals surface area (Å²) in [6.45, 7) is 2.58. The molecule has 2 aromatic rings. The molecule has 10 nitrogen and oxygen atoms in total. The Morgan fingerprint density at radius 3 is 2.65 bits per heavy atom. The molecular weight excluding hydrogens is 529 g/mol. The molecule has 216 valence electrons. The monoisotopic (exact) mass is 562 g/mol. The number of hydrogen-bond donors (Lipinski definition) is 3. The van der Waals surface area contributed by atoms with E-state index in [1.165, 1.54) is 12.3 Å². The molecular formula is C27H33F3N6O4. The molecule has 1 atom stereocenters. The highest BCUT2D eigenvalue weighted by atomic mass is 19.4. The fourth-order valence-electron chi connectivity index (χ4n) is 5.96. The zero-order valence-corrected chi connectivity index (χ0v) is 22.2. The number of nitrogens with zero attached hydrogens (tertiary/aromatic N) is 3. The Morgan fingerprint density at radius 2 is 1.95 bits per heavy atom. The van der Waals surface area contributed by atoms with Gasteiger partial charge in [-0.15, -0.1) is 0 Å². The molecule has 3 N–H and O–H groups in total. The van der Waals surface area contributed by atoms with Crippen molar-refractivity contribution in [2.75, 3.05) is 23.8 Å². The summed E-state index contributed by atoms with van der Waals surface area (Å²) < 4.78 is 44.7. The highest BCUT2D eigenvalue weighted by Crippen LogP contribution is 2.44. The summed E-state index contributed by atoms with van der Waals surface area (Å²) >= 11 is 0. The molecule has 4 heterocycles. The molecule has 3 amide bonds. The lowest BCUT2D eigenvalue weighted by Crippen LogP contribution is -2.49. The Balaban J connectivity index is 1.33. The number of fused-ring (bicyclic) bond motifs is 2. The topological polar surface area (TPSA) is 127 Å². The number of carbonyl (C=O) groups excluding carboxylic acids is 3. The average Bonchev–Trinajstić information content (AvgIpc) is 3.49. The maximum Gasteiger partial charge on any atom is 0.390 e. The van der Waals surface area contributed by atoms with Gasteiger partial charge in [-0.25, -0.2) is 4.98 Å². The Kier molecular flexibility index (Phi) is 7.85. The van der Waals surface area contributed by atoms with Gasteiger partial charge >= 0.3 is 6.18 Å². The van der Waals surface area contributed by atoms with E-state index in [2.05, 4.69) is 33.0 Å². The first-order valence-electron chi connectivity index (χ1n) is 13.7. The molecule has 2 fully saturated rings. The van der Waals surface area contributed by atoms with Gasteiger partial charge in [0.05, 0.1) is 24.1 Å². The Hall–Kier alpha value is -3.48. The highest BCUT2D eigenvalue weighted by Gasteiger charge is 2.48. The first-order valence-corrected chi connectivity index (χ1v) is 13.7. The van der Waals surface area contributed by atoms with E-state index < -0.39 is 42.4 Å². The Morgan fingerprint density at radius 1 is 1.23 bits per heavy atom. The number of alkyl halides is 3. The van der Waals surface area contributed by atoms with E-state index in [9.17, 15) is 27.6 Å². The molecule has 2 aliphatic heterocycles. The normalized spacial score (nSPS) is 22.9. The standard InChI is InChI=1S/C27H33F3N6O4/c1-16-2-4-17(5-3-16)22(35-23(37)20-6-10-32-36(20)11-7-27(28,29)30)24(38)34-21-14-19-18(15-31-21)26(25(39)33-19)8-12-40-13-9-26/h6,10,14-17,22H,2-5,7-9,11-13H2,1H3,(H,33,39)(H,35,37)(H,31,34,38). The van der Waals surface area contributed by atoms with E-state index in [1.807, 2.05) is 0 Å². The number of carbonyl (C=O) groups is 3. The summed E-state index contributed by atoms with van der Waals surface area (Å²) in [5, 5.41) is 12.3. The fraction of sp³-hybridized carbons (Fsp3) is 0.593. The highest BCUT2D eigenvalue weighted by molar-refractivity contribution is 6.07. The van der Waals surface area contributed by atoms with Crippen LogP contribution in [0.5, 0.6) is 0 Å². The first-order chi connectivity index (χ1) is 19.1. The third-order valence-electron chi connectivity index (χ3n) is 8.36. The van der Waals surface area contributed by atoms with Crippen molar-refractivity contribution in [1.29, 1.82) is 0 Å². The third-order valence-corrected chi connectivity index (χ3v) is 8.36. The molecule has 0 bridgehead atoms. The predicted octanol–water partition coefficient (Wildman–Crippen LogP) is 3.79. The minimum absolute atomic E-state index is 0.0497. The molecule has 1 aliphatic carbocycles. The lowest BCUT2D eigenvalue weighted by Gasteiger charge is -2.32. The average molecular weight is 563 g/mol. The second-order valence-corrected chi connectivity index (χ2v) is 11.0. The zero-order chi connectivity index (χ0) is 28.5. The molecule has 0 radical (unpaired) electrons. The van der Waals surface area contributed by atoms with E-state index in [0.29, 0.717) is 50.5 Å². The van der Waals surface area contributed by atoms with Crippen LogP contribution in [-0.4, -0.2) is 57.9 Å². The van der Waals surface area contributed by atoms with Crippen molar-refractivity contribution in [3.05, 3.63) is 35.8 Å². The maximum atomic E-state index is 13.6. The van der Waals surface area contributed by atoms with Crippen molar-refractivity contribution in [1.82, 2.24) is 20.1 Å². The van der Waals surface area contributed by atoms with Crippen molar-refractivity contribution in [3.63, 3.8) is 0 Å². The van der Waals surface area contributed by atoms with Crippen LogP contribution in [0.15, 0.2) is 24.5 Å². The van der Waals surface area contributed by atoms with E-state index >= 15 is 0 Å². The smallest absolute Gasteiger partial charge is 0.381 e. The summed E-state index contributed by atoms with van der Waals surface area (Å²) in [4.78, 5) is 44.0. The molecule has 3 aliphatic rings. The van der Waals surface area contributed by atoms with E-state index in [4.69, 9.17) is 4.74 Å². The molecule has 1 unspecified atom stereocenters. The lowest BCUT2D eigenvalue weighted by molar-refractivity contribution is -0.137. The number of anilines is 2. The quantitative estimate of drug-likeness (QED) is 0.471. The summed E-state index contributed by atoms with van der Waals surface area (Å²) in [5.41, 5.74) is 0.620. The molecule has 13 heteroatoms. The van der Waals surface area contributed by atoms with Crippen LogP contribution in [0, 0.1) is 11.8 Å². The molecule has 1 saturated heterocycles. The van der Waals surface area contributed by atoms with Crippen LogP contribution in [0.2, 0.25) is 0 Å². The van der Waals surface area contributed by atoms with Gasteiger partial charge in [0.25, 0.3) is 5.91 Å². The minimum atomic E-state index is -4.40. The van der Waals surface area contributed by atoms with E-state index in [0.717, 1.165) is 23.1 Å². The first kappa shape index (κ1) is 28.1. The van der Waals surface area contributed by atoms with Crippen molar-refractivity contribution in [2.45, 2.75) is 76.0 Å². The van der Waals surface area contributed by atoms with E-state index in [-0.39, 0.29) is 23.3 Å². The number of amides is 3. The summed E-state index contributed by atoms with van der Waals surface area (Å²) in [7, 11) is 0. The third kappa shape index (κ3) is 5.84. The SMILES string of the molecule is CC1CCC(C(NC(=O)c2ccnn2CCC(F)(F)F)C(=O)Nc2cc3c(cn2)C2(CCOCC2)C(=O)N3)CC1. The number of ether oxygens (including phenoxy) is 1. The van der Waals surface area contributed by atoms with Crippen molar-refractivity contribution < 1.29 is 32.3 Å². The van der Waals surface area contributed by atoms with Gasteiger partial charge in [0.1, 0.15) is 17.6 Å². The largest absolute Gasteiger partial charge is 0.390 e. The van der Waals surface area contributed by atoms with E-state index in [1.54, 1.807) is 12.3 Å². The summed E-state index contributed by atoms with van der Waals surface area (Å²) in [6, 6.07) is 2.02. The van der Waals surface area contributed by atoms with Gasteiger partial charge in [-0.1, -0.05) is 19.8 Å². The second kappa shape index (κ2) is 11.2. The van der Waals surface area contributed by atoms with Crippen LogP contribution in [-0.2, 0) is 26.3 Å². The molecule has 1 saturated carbocycles. The van der Waals surface area contributed by atoms with Crippen LogP contribution >= 0.6 is 0 Å². The molecule has 2 aromatic heterocycles. The van der Waals surface area contributed by atoms with Crippen molar-refractivity contribution in [3.8, 4) is 0 Å². The van der Waals surface area contributed by atoms with Gasteiger partial charge in [0.2, 0.25) is 11.8 Å². The number of rotatable bonds is 7. The van der Waals surface area contributed by atoms with Crippen molar-refractivity contribution >= 4 is 29.2 Å². The van der Waals surface area contributed by atoms with Gasteiger partial charge in [0, 0.05) is 37.2 Å². The summed E-state index contributed by atoms with van der Waals surface area (Å²) in [6.07, 6.45) is 1.64. The van der Waals surface area contributed by atoms with Crippen LogP contribution in [0.25, 0.3) is 0 Å².